The number of methoxy groups -OCH3 is 2. The Kier molecular flexibility index (Phi) is 5.29. The summed E-state index contributed by atoms with van der Waals surface area (Å²) in [6.45, 7) is 1.92. The second kappa shape index (κ2) is 7.63. The lowest BCUT2D eigenvalue weighted by molar-refractivity contribution is -0.117. The van der Waals surface area contributed by atoms with Crippen LogP contribution >= 0.6 is 0 Å². The Balaban J connectivity index is 1.68. The molecule has 2 unspecified atom stereocenters. The number of ether oxygens (including phenoxy) is 2. The fourth-order valence-corrected chi connectivity index (χ4v) is 3.00. The van der Waals surface area contributed by atoms with Gasteiger partial charge in [-0.15, -0.1) is 0 Å². The molecule has 138 valence electrons. The van der Waals surface area contributed by atoms with Crippen molar-refractivity contribution < 1.29 is 19.4 Å². The van der Waals surface area contributed by atoms with Gasteiger partial charge < -0.3 is 19.9 Å². The molecule has 4 N–H and O–H groups in total. The number of anilines is 1. The Morgan fingerprint density at radius 1 is 1.15 bits per heavy atom. The number of carbonyl (C=O) groups is 1. The average molecular weight is 357 g/mol. The number of aryl methyl sites for hydroxylation is 1. The van der Waals surface area contributed by atoms with E-state index in [1.54, 1.807) is 31.4 Å². The predicted octanol–water partition coefficient (Wildman–Crippen LogP) is 2.26. The summed E-state index contributed by atoms with van der Waals surface area (Å²) < 4.78 is 10.5. The summed E-state index contributed by atoms with van der Waals surface area (Å²) in [7, 11) is 3.11. The van der Waals surface area contributed by atoms with Crippen LogP contribution in [0.4, 0.5) is 5.69 Å². The highest BCUT2D eigenvalue weighted by Gasteiger charge is 2.31. The third-order valence-corrected chi connectivity index (χ3v) is 4.45. The molecule has 1 fully saturated rings. The third-order valence-electron chi connectivity index (χ3n) is 4.45. The van der Waals surface area contributed by atoms with E-state index >= 15 is 0 Å². The van der Waals surface area contributed by atoms with Gasteiger partial charge in [-0.05, 0) is 37.1 Å². The van der Waals surface area contributed by atoms with Crippen molar-refractivity contribution in [1.29, 1.82) is 0 Å². The fourth-order valence-electron chi connectivity index (χ4n) is 3.00. The van der Waals surface area contributed by atoms with Gasteiger partial charge in [0.25, 0.3) is 0 Å². The van der Waals surface area contributed by atoms with Crippen LogP contribution in [-0.4, -0.2) is 31.3 Å². The van der Waals surface area contributed by atoms with Gasteiger partial charge in [0.1, 0.15) is 23.3 Å². The normalized spacial score (nSPS) is 19.2. The molecule has 2 aromatic carbocycles. The molecule has 1 aliphatic heterocycles. The molecule has 0 radical (unpaired) electrons. The van der Waals surface area contributed by atoms with E-state index < -0.39 is 6.04 Å². The van der Waals surface area contributed by atoms with Crippen molar-refractivity contribution in [3.8, 4) is 17.2 Å². The molecule has 1 heterocycles. The average Bonchev–Trinajstić information content (AvgIpc) is 3.12. The molecule has 7 heteroatoms. The van der Waals surface area contributed by atoms with Crippen molar-refractivity contribution in [1.82, 2.24) is 10.9 Å². The SMILES string of the molecule is COc1ccc(NC(=O)C2CC(c3ccc(C)cc3O)NN2)c(OC)c1. The van der Waals surface area contributed by atoms with Crippen LogP contribution in [0.25, 0.3) is 0 Å². The number of phenolic OH excluding ortho intramolecular Hbond substituents is 1. The van der Waals surface area contributed by atoms with E-state index in [2.05, 4.69) is 16.2 Å². The molecule has 0 aliphatic carbocycles. The number of benzene rings is 2. The number of hydrazine groups is 1. The first kappa shape index (κ1) is 18.0. The smallest absolute Gasteiger partial charge is 0.243 e. The number of amides is 1. The molecule has 0 saturated carbocycles. The summed E-state index contributed by atoms with van der Waals surface area (Å²) in [6, 6.07) is 10.1. The number of phenols is 1. The van der Waals surface area contributed by atoms with Gasteiger partial charge >= 0.3 is 0 Å². The minimum absolute atomic E-state index is 0.149. The molecule has 2 atom stereocenters. The van der Waals surface area contributed by atoms with Crippen LogP contribution in [-0.2, 0) is 4.79 Å². The number of carbonyl (C=O) groups excluding carboxylic acids is 1. The second-order valence-corrected chi connectivity index (χ2v) is 6.25. The molecule has 3 rings (SSSR count). The zero-order valence-corrected chi connectivity index (χ0v) is 15.0. The standard InChI is InChI=1S/C19H23N3O4/c1-11-4-6-13(17(23)8-11)15-10-16(22-21-15)19(24)20-14-7-5-12(25-2)9-18(14)26-3/h4-9,15-16,21-23H,10H2,1-3H3,(H,20,24). The minimum Gasteiger partial charge on any atom is -0.508 e. The Hall–Kier alpha value is -2.77. The van der Waals surface area contributed by atoms with Crippen molar-refractivity contribution in [3.05, 3.63) is 47.5 Å². The van der Waals surface area contributed by atoms with Crippen molar-refractivity contribution >= 4 is 11.6 Å². The van der Waals surface area contributed by atoms with E-state index in [4.69, 9.17) is 9.47 Å². The summed E-state index contributed by atoms with van der Waals surface area (Å²) in [6.07, 6.45) is 0.515. The highest BCUT2D eigenvalue weighted by molar-refractivity contribution is 5.96. The molecular formula is C19H23N3O4. The van der Waals surface area contributed by atoms with Crippen LogP contribution in [0.5, 0.6) is 17.2 Å². The molecule has 0 bridgehead atoms. The van der Waals surface area contributed by atoms with Gasteiger partial charge in [0.15, 0.2) is 0 Å². The first-order chi connectivity index (χ1) is 12.5. The summed E-state index contributed by atoms with van der Waals surface area (Å²) in [5.74, 6) is 1.21. The molecule has 0 spiro atoms. The quantitative estimate of drug-likeness (QED) is 0.656. The lowest BCUT2D eigenvalue weighted by Crippen LogP contribution is -2.39. The van der Waals surface area contributed by atoms with Gasteiger partial charge in [-0.25, -0.2) is 10.9 Å². The van der Waals surface area contributed by atoms with Gasteiger partial charge in [0.2, 0.25) is 5.91 Å². The Morgan fingerprint density at radius 3 is 2.65 bits per heavy atom. The van der Waals surface area contributed by atoms with E-state index in [1.165, 1.54) is 7.11 Å². The maximum atomic E-state index is 12.6. The highest BCUT2D eigenvalue weighted by atomic mass is 16.5. The van der Waals surface area contributed by atoms with Gasteiger partial charge in [-0.2, -0.15) is 0 Å². The summed E-state index contributed by atoms with van der Waals surface area (Å²) in [5.41, 5.74) is 8.38. The van der Waals surface area contributed by atoms with Crippen LogP contribution in [0.3, 0.4) is 0 Å². The Labute approximate surface area is 152 Å². The first-order valence-corrected chi connectivity index (χ1v) is 8.35. The Morgan fingerprint density at radius 2 is 1.96 bits per heavy atom. The summed E-state index contributed by atoms with van der Waals surface area (Å²) in [5, 5.41) is 13.0. The summed E-state index contributed by atoms with van der Waals surface area (Å²) in [4.78, 5) is 12.6. The number of hydrogen-bond donors (Lipinski definition) is 4. The zero-order chi connectivity index (χ0) is 18.7. The first-order valence-electron chi connectivity index (χ1n) is 8.35. The maximum absolute atomic E-state index is 12.6. The topological polar surface area (TPSA) is 91.9 Å². The number of hydrogen-bond acceptors (Lipinski definition) is 6. The predicted molar refractivity (Wildman–Crippen MR) is 98.4 cm³/mol. The van der Waals surface area contributed by atoms with Crippen molar-refractivity contribution in [2.75, 3.05) is 19.5 Å². The zero-order valence-electron chi connectivity index (χ0n) is 15.0. The largest absolute Gasteiger partial charge is 0.508 e. The van der Waals surface area contributed by atoms with Crippen molar-refractivity contribution in [2.24, 2.45) is 0 Å². The van der Waals surface area contributed by atoms with E-state index in [9.17, 15) is 9.90 Å². The molecule has 2 aromatic rings. The molecule has 1 amide bonds. The van der Waals surface area contributed by atoms with E-state index in [1.807, 2.05) is 19.1 Å². The number of aromatic hydroxyl groups is 1. The highest BCUT2D eigenvalue weighted by Crippen LogP contribution is 2.32. The minimum atomic E-state index is -0.437. The summed E-state index contributed by atoms with van der Waals surface area (Å²) >= 11 is 0. The molecule has 26 heavy (non-hydrogen) atoms. The maximum Gasteiger partial charge on any atom is 0.243 e. The van der Waals surface area contributed by atoms with Gasteiger partial charge in [0.05, 0.1) is 25.9 Å². The molecular weight excluding hydrogens is 334 g/mol. The van der Waals surface area contributed by atoms with Gasteiger partial charge in [-0.1, -0.05) is 12.1 Å². The number of nitrogens with one attached hydrogen (secondary N) is 3. The van der Waals surface area contributed by atoms with E-state index in [-0.39, 0.29) is 17.7 Å². The van der Waals surface area contributed by atoms with Crippen LogP contribution < -0.4 is 25.6 Å². The van der Waals surface area contributed by atoms with Crippen molar-refractivity contribution in [3.63, 3.8) is 0 Å². The molecule has 7 nitrogen and oxygen atoms in total. The van der Waals surface area contributed by atoms with Crippen molar-refractivity contribution in [2.45, 2.75) is 25.4 Å². The lowest BCUT2D eigenvalue weighted by atomic mass is 9.99. The van der Waals surface area contributed by atoms with Crippen LogP contribution in [0.15, 0.2) is 36.4 Å². The lowest BCUT2D eigenvalue weighted by Gasteiger charge is -2.14. The molecule has 1 saturated heterocycles. The van der Waals surface area contributed by atoms with Crippen LogP contribution in [0.1, 0.15) is 23.6 Å². The third kappa shape index (κ3) is 3.74. The van der Waals surface area contributed by atoms with E-state index in [0.29, 0.717) is 23.6 Å². The molecule has 0 aromatic heterocycles. The van der Waals surface area contributed by atoms with E-state index in [0.717, 1.165) is 11.1 Å². The van der Waals surface area contributed by atoms with Crippen LogP contribution in [0, 0.1) is 6.92 Å². The molecule has 1 aliphatic rings. The van der Waals surface area contributed by atoms with Gasteiger partial charge in [0, 0.05) is 11.6 Å². The van der Waals surface area contributed by atoms with Crippen LogP contribution in [0.2, 0.25) is 0 Å². The van der Waals surface area contributed by atoms with Gasteiger partial charge in [-0.3, -0.25) is 4.79 Å². The fraction of sp³-hybridized carbons (Fsp3) is 0.316. The second-order valence-electron chi connectivity index (χ2n) is 6.25. The monoisotopic (exact) mass is 357 g/mol. The number of rotatable bonds is 5. The Bertz CT molecular complexity index is 809.